The zero-order valence-electron chi connectivity index (χ0n) is 7.73. The third kappa shape index (κ3) is 3.76. The average Bonchev–Trinajstić information content (AvgIpc) is 2.12. The van der Waals surface area contributed by atoms with Crippen LogP contribution in [0, 0.1) is 0 Å². The first-order chi connectivity index (χ1) is 7.20. The molecule has 0 amide bonds. The van der Waals surface area contributed by atoms with Gasteiger partial charge in [-0.15, -0.1) is 0 Å². The van der Waals surface area contributed by atoms with E-state index in [0.29, 0.717) is 0 Å². The zero-order valence-corrected chi connectivity index (χ0v) is 8.55. The number of halogens is 3. The van der Waals surface area contributed by atoms with Gasteiger partial charge in [0.05, 0.1) is 12.2 Å². The molecule has 0 atom stereocenters. The van der Waals surface area contributed by atoms with Gasteiger partial charge in [0.15, 0.2) is 0 Å². The first kappa shape index (κ1) is 12.9. The number of alkyl halides is 3. The Morgan fingerprint density at radius 3 is 2.56 bits per heavy atom. The second kappa shape index (κ2) is 4.36. The van der Waals surface area contributed by atoms with Gasteiger partial charge >= 0.3 is 16.5 Å². The van der Waals surface area contributed by atoms with E-state index in [4.69, 9.17) is 0 Å². The fraction of sp³-hybridized carbons (Fsp3) is 0.286. The van der Waals surface area contributed by atoms with Crippen molar-refractivity contribution in [1.82, 2.24) is 4.98 Å². The van der Waals surface area contributed by atoms with Crippen molar-refractivity contribution in [2.24, 2.45) is 5.14 Å². The van der Waals surface area contributed by atoms with E-state index >= 15 is 0 Å². The molecule has 0 radical (unpaired) electrons. The Morgan fingerprint density at radius 2 is 2.06 bits per heavy atom. The summed E-state index contributed by atoms with van der Waals surface area (Å²) in [6, 6.07) is 0.724. The van der Waals surface area contributed by atoms with Crippen molar-refractivity contribution in [3.8, 4) is 0 Å². The minimum atomic E-state index is -4.60. The van der Waals surface area contributed by atoms with E-state index < -0.39 is 34.2 Å². The van der Waals surface area contributed by atoms with Crippen LogP contribution in [0.3, 0.4) is 0 Å². The summed E-state index contributed by atoms with van der Waals surface area (Å²) in [7, 11) is -4.28. The van der Waals surface area contributed by atoms with Crippen LogP contribution in [0.1, 0.15) is 11.1 Å². The lowest BCUT2D eigenvalue weighted by atomic mass is 10.1. The topological polar surface area (TPSA) is 82.3 Å². The van der Waals surface area contributed by atoms with E-state index in [0.717, 1.165) is 18.5 Å². The summed E-state index contributed by atoms with van der Waals surface area (Å²) < 4.78 is 62.1. The van der Waals surface area contributed by atoms with E-state index in [9.17, 15) is 21.6 Å². The van der Waals surface area contributed by atoms with E-state index in [1.807, 2.05) is 0 Å². The molecule has 2 N–H and O–H groups in total. The SMILES string of the molecule is NS(=O)(=O)OCc1cnccc1C(F)(F)F. The summed E-state index contributed by atoms with van der Waals surface area (Å²) in [5, 5.41) is 4.49. The molecule has 0 spiro atoms. The quantitative estimate of drug-likeness (QED) is 0.867. The van der Waals surface area contributed by atoms with Gasteiger partial charge in [0.2, 0.25) is 0 Å². The molecular weight excluding hydrogens is 249 g/mol. The molecule has 0 aliphatic heterocycles. The second-order valence-electron chi connectivity index (χ2n) is 2.79. The third-order valence-corrected chi connectivity index (χ3v) is 2.03. The second-order valence-corrected chi connectivity index (χ2v) is 4.01. The van der Waals surface area contributed by atoms with Crippen molar-refractivity contribution in [1.29, 1.82) is 0 Å². The van der Waals surface area contributed by atoms with E-state index in [1.165, 1.54) is 0 Å². The molecule has 0 saturated carbocycles. The Hall–Kier alpha value is -1.19. The fourth-order valence-electron chi connectivity index (χ4n) is 0.964. The summed E-state index contributed by atoms with van der Waals surface area (Å²) >= 11 is 0. The minimum Gasteiger partial charge on any atom is -0.264 e. The van der Waals surface area contributed by atoms with Crippen molar-refractivity contribution < 1.29 is 25.8 Å². The van der Waals surface area contributed by atoms with Crippen molar-refractivity contribution in [2.75, 3.05) is 0 Å². The highest BCUT2D eigenvalue weighted by Gasteiger charge is 2.33. The molecule has 9 heteroatoms. The third-order valence-electron chi connectivity index (χ3n) is 1.59. The summed E-state index contributed by atoms with van der Waals surface area (Å²) in [5.41, 5.74) is -1.41. The van der Waals surface area contributed by atoms with Gasteiger partial charge in [-0.2, -0.15) is 21.6 Å². The predicted molar refractivity (Wildman–Crippen MR) is 47.1 cm³/mol. The summed E-state index contributed by atoms with van der Waals surface area (Å²) in [5.74, 6) is 0. The molecule has 1 rings (SSSR count). The van der Waals surface area contributed by atoms with E-state index in [2.05, 4.69) is 14.3 Å². The predicted octanol–water partition coefficient (Wildman–Crippen LogP) is 0.821. The molecule has 5 nitrogen and oxygen atoms in total. The van der Waals surface area contributed by atoms with Gasteiger partial charge in [-0.05, 0) is 6.07 Å². The minimum absolute atomic E-state index is 0.399. The van der Waals surface area contributed by atoms with Gasteiger partial charge in [-0.3, -0.25) is 9.17 Å². The van der Waals surface area contributed by atoms with Crippen molar-refractivity contribution in [3.63, 3.8) is 0 Å². The largest absolute Gasteiger partial charge is 0.416 e. The maximum Gasteiger partial charge on any atom is 0.416 e. The van der Waals surface area contributed by atoms with Crippen LogP contribution >= 0.6 is 0 Å². The Balaban J connectivity index is 2.97. The number of aromatic nitrogens is 1. The highest BCUT2D eigenvalue weighted by atomic mass is 32.2. The van der Waals surface area contributed by atoms with Crippen molar-refractivity contribution in [3.05, 3.63) is 29.6 Å². The molecule has 0 aliphatic rings. The lowest BCUT2D eigenvalue weighted by molar-refractivity contribution is -0.138. The molecule has 1 aromatic rings. The summed E-state index contributed by atoms with van der Waals surface area (Å²) in [4.78, 5) is 3.44. The Kier molecular flexibility index (Phi) is 3.51. The monoisotopic (exact) mass is 256 g/mol. The van der Waals surface area contributed by atoms with Crippen molar-refractivity contribution in [2.45, 2.75) is 12.8 Å². The standard InChI is InChI=1S/C7H7F3N2O3S/c8-7(9,10)6-1-2-12-3-5(6)4-15-16(11,13)14/h1-3H,4H2,(H2,11,13,14). The number of nitrogens with two attached hydrogens (primary N) is 1. The van der Waals surface area contributed by atoms with Gasteiger partial charge in [0.25, 0.3) is 0 Å². The number of nitrogens with zero attached hydrogens (tertiary/aromatic N) is 1. The van der Waals surface area contributed by atoms with Crippen molar-refractivity contribution >= 4 is 10.3 Å². The molecule has 1 aromatic heterocycles. The number of pyridine rings is 1. The maximum atomic E-state index is 12.4. The van der Waals surface area contributed by atoms with Gasteiger partial charge in [-0.25, -0.2) is 5.14 Å². The first-order valence-electron chi connectivity index (χ1n) is 3.87. The molecular formula is C7H7F3N2O3S. The van der Waals surface area contributed by atoms with Gasteiger partial charge in [-0.1, -0.05) is 0 Å². The molecule has 1 heterocycles. The van der Waals surface area contributed by atoms with Crippen LogP contribution < -0.4 is 5.14 Å². The molecule has 0 saturated heterocycles. The lowest BCUT2D eigenvalue weighted by Crippen LogP contribution is -2.17. The van der Waals surface area contributed by atoms with Gasteiger partial charge in [0, 0.05) is 18.0 Å². The number of hydrogen-bond acceptors (Lipinski definition) is 4. The highest BCUT2D eigenvalue weighted by molar-refractivity contribution is 7.84. The van der Waals surface area contributed by atoms with Crippen LogP contribution in [0.5, 0.6) is 0 Å². The summed E-state index contributed by atoms with van der Waals surface area (Å²) in [6.45, 7) is -0.804. The highest BCUT2D eigenvalue weighted by Crippen LogP contribution is 2.31. The molecule has 0 fully saturated rings. The van der Waals surface area contributed by atoms with Crippen LogP contribution in [-0.2, 0) is 27.3 Å². The molecule has 0 unspecified atom stereocenters. The van der Waals surface area contributed by atoms with E-state index in [-0.39, 0.29) is 0 Å². The lowest BCUT2D eigenvalue weighted by Gasteiger charge is -2.11. The van der Waals surface area contributed by atoms with Crippen LogP contribution in [0.25, 0.3) is 0 Å². The Bertz CT molecular complexity index is 472. The molecule has 0 bridgehead atoms. The van der Waals surface area contributed by atoms with Crippen LogP contribution in [0.4, 0.5) is 13.2 Å². The van der Waals surface area contributed by atoms with Gasteiger partial charge < -0.3 is 0 Å². The first-order valence-corrected chi connectivity index (χ1v) is 5.34. The van der Waals surface area contributed by atoms with Crippen LogP contribution in [0.2, 0.25) is 0 Å². The molecule has 90 valence electrons. The number of hydrogen-bond donors (Lipinski definition) is 1. The molecule has 0 aromatic carbocycles. The molecule has 0 aliphatic carbocycles. The Labute approximate surface area is 89.3 Å². The average molecular weight is 256 g/mol. The smallest absolute Gasteiger partial charge is 0.264 e. The van der Waals surface area contributed by atoms with E-state index in [1.54, 1.807) is 0 Å². The normalized spacial score (nSPS) is 12.8. The maximum absolute atomic E-state index is 12.4. The summed E-state index contributed by atoms with van der Waals surface area (Å²) in [6.07, 6.45) is -2.78. The van der Waals surface area contributed by atoms with Gasteiger partial charge in [0.1, 0.15) is 0 Å². The number of rotatable bonds is 3. The molecule has 16 heavy (non-hydrogen) atoms. The van der Waals surface area contributed by atoms with Crippen LogP contribution in [-0.4, -0.2) is 13.4 Å². The Morgan fingerprint density at radius 1 is 1.44 bits per heavy atom. The fourth-order valence-corrected chi connectivity index (χ4v) is 1.26. The zero-order chi connectivity index (χ0) is 12.4. The van der Waals surface area contributed by atoms with Crippen LogP contribution in [0.15, 0.2) is 18.5 Å².